The fourth-order valence-corrected chi connectivity index (χ4v) is 1.56. The van der Waals surface area contributed by atoms with E-state index in [1.807, 2.05) is 0 Å². The van der Waals surface area contributed by atoms with Gasteiger partial charge in [-0.1, -0.05) is 0 Å². The van der Waals surface area contributed by atoms with Gasteiger partial charge < -0.3 is 20.5 Å². The SMILES string of the molecule is CC(C)(C)OC(=O)N[C@@H](CCCC[15NH2])C(=O)OC(C)(C)C. The highest BCUT2D eigenvalue weighted by Crippen LogP contribution is 2.13. The number of esters is 1. The molecule has 6 nitrogen and oxygen atoms in total. The molecule has 3 N–H and O–H groups in total. The van der Waals surface area contributed by atoms with Crippen molar-refractivity contribution in [3.05, 3.63) is 0 Å². The third kappa shape index (κ3) is 11.1. The maximum Gasteiger partial charge on any atom is 0.408 e. The molecule has 0 fully saturated rings. The molecule has 0 spiro atoms. The summed E-state index contributed by atoms with van der Waals surface area (Å²) in [5, 5.41) is 2.58. The maximum absolute atomic E-state index is 12.1. The van der Waals surface area contributed by atoms with Gasteiger partial charge in [-0.15, -0.1) is 0 Å². The minimum atomic E-state index is -0.717. The van der Waals surface area contributed by atoms with E-state index < -0.39 is 29.3 Å². The molecule has 124 valence electrons. The Morgan fingerprint density at radius 2 is 1.52 bits per heavy atom. The van der Waals surface area contributed by atoms with E-state index in [9.17, 15) is 9.59 Å². The average molecular weight is 303 g/mol. The second-order valence-corrected chi connectivity index (χ2v) is 7.02. The monoisotopic (exact) mass is 303 g/mol. The summed E-state index contributed by atoms with van der Waals surface area (Å²) >= 11 is 0. The molecule has 0 aliphatic heterocycles. The summed E-state index contributed by atoms with van der Waals surface area (Å²) in [5.41, 5.74) is 4.24. The summed E-state index contributed by atoms with van der Waals surface area (Å²) in [4.78, 5) is 23.9. The van der Waals surface area contributed by atoms with E-state index in [1.165, 1.54) is 0 Å². The molecule has 0 unspecified atom stereocenters. The van der Waals surface area contributed by atoms with E-state index in [0.717, 1.165) is 12.8 Å². The number of hydrogen-bond acceptors (Lipinski definition) is 5. The number of nitrogens with two attached hydrogens (primary N) is 1. The van der Waals surface area contributed by atoms with Gasteiger partial charge in [0.2, 0.25) is 0 Å². The van der Waals surface area contributed by atoms with Crippen LogP contribution in [0.25, 0.3) is 0 Å². The first-order valence-corrected chi connectivity index (χ1v) is 7.37. The number of alkyl carbamates (subject to hydrolysis) is 1. The number of rotatable bonds is 6. The maximum atomic E-state index is 12.1. The Balaban J connectivity index is 4.65. The zero-order chi connectivity index (χ0) is 16.7. The van der Waals surface area contributed by atoms with Crippen LogP contribution < -0.4 is 11.1 Å². The molecular weight excluding hydrogens is 273 g/mol. The van der Waals surface area contributed by atoms with Gasteiger partial charge >= 0.3 is 12.1 Å². The van der Waals surface area contributed by atoms with Gasteiger partial charge in [-0.3, -0.25) is 0 Å². The number of nitrogens with one attached hydrogen (secondary N) is 1. The van der Waals surface area contributed by atoms with Crippen LogP contribution in [0.15, 0.2) is 0 Å². The van der Waals surface area contributed by atoms with E-state index >= 15 is 0 Å². The van der Waals surface area contributed by atoms with Gasteiger partial charge in [0.15, 0.2) is 0 Å². The van der Waals surface area contributed by atoms with Gasteiger partial charge in [0.1, 0.15) is 17.2 Å². The fourth-order valence-electron chi connectivity index (χ4n) is 1.56. The third-order valence-electron chi connectivity index (χ3n) is 2.33. The first-order chi connectivity index (χ1) is 9.44. The minimum absolute atomic E-state index is 0.453. The first kappa shape index (κ1) is 19.7. The Bertz CT molecular complexity index is 343. The van der Waals surface area contributed by atoms with E-state index in [1.54, 1.807) is 41.5 Å². The van der Waals surface area contributed by atoms with Crippen molar-refractivity contribution in [3.8, 4) is 0 Å². The van der Waals surface area contributed by atoms with Gasteiger partial charge in [-0.2, -0.15) is 0 Å². The Morgan fingerprint density at radius 3 is 1.95 bits per heavy atom. The molecule has 0 bridgehead atoms. The molecule has 0 aliphatic rings. The topological polar surface area (TPSA) is 90.6 Å². The van der Waals surface area contributed by atoms with Gasteiger partial charge in [-0.05, 0) is 67.3 Å². The largest absolute Gasteiger partial charge is 0.458 e. The van der Waals surface area contributed by atoms with Crippen molar-refractivity contribution < 1.29 is 19.1 Å². The smallest absolute Gasteiger partial charge is 0.408 e. The van der Waals surface area contributed by atoms with Crippen LogP contribution in [-0.2, 0) is 14.3 Å². The summed E-state index contributed by atoms with van der Waals surface area (Å²) in [6, 6.07) is -0.717. The summed E-state index contributed by atoms with van der Waals surface area (Å²) in [7, 11) is 0. The van der Waals surface area contributed by atoms with Gasteiger partial charge in [0.05, 0.1) is 0 Å². The highest BCUT2D eigenvalue weighted by Gasteiger charge is 2.28. The van der Waals surface area contributed by atoms with Crippen molar-refractivity contribution in [2.75, 3.05) is 6.54 Å². The normalized spacial score (nSPS) is 13.5. The lowest BCUT2D eigenvalue weighted by molar-refractivity contribution is -0.157. The molecule has 0 aromatic carbocycles. The van der Waals surface area contributed by atoms with Crippen LogP contribution in [-0.4, -0.2) is 35.9 Å². The van der Waals surface area contributed by atoms with E-state index in [-0.39, 0.29) is 0 Å². The summed E-state index contributed by atoms with van der Waals surface area (Å²) in [6.45, 7) is 11.2. The van der Waals surface area contributed by atoms with Crippen molar-refractivity contribution in [3.63, 3.8) is 0 Å². The van der Waals surface area contributed by atoms with Crippen LogP contribution in [0.1, 0.15) is 60.8 Å². The van der Waals surface area contributed by atoms with E-state index in [0.29, 0.717) is 13.0 Å². The molecule has 1 amide bonds. The predicted molar refractivity (Wildman–Crippen MR) is 81.9 cm³/mol. The number of carbonyl (C=O) groups excluding carboxylic acids is 2. The number of unbranched alkanes of at least 4 members (excludes halogenated alkanes) is 1. The Kier molecular flexibility index (Phi) is 7.71. The van der Waals surface area contributed by atoms with Crippen molar-refractivity contribution in [2.45, 2.75) is 78.0 Å². The van der Waals surface area contributed by atoms with Crippen molar-refractivity contribution in [1.82, 2.24) is 5.32 Å². The zero-order valence-corrected chi connectivity index (χ0v) is 14.1. The average Bonchev–Trinajstić information content (AvgIpc) is 2.22. The summed E-state index contributed by atoms with van der Waals surface area (Å²) in [5.74, 6) is -0.453. The molecule has 0 aromatic heterocycles. The summed E-state index contributed by atoms with van der Waals surface area (Å²) in [6.07, 6.45) is 1.38. The summed E-state index contributed by atoms with van der Waals surface area (Å²) < 4.78 is 10.5. The van der Waals surface area contributed by atoms with E-state index in [2.05, 4.69) is 5.32 Å². The van der Waals surface area contributed by atoms with Crippen molar-refractivity contribution in [2.24, 2.45) is 5.73 Å². The Labute approximate surface area is 127 Å². The second-order valence-electron chi connectivity index (χ2n) is 7.02. The van der Waals surface area contributed by atoms with Crippen molar-refractivity contribution in [1.29, 1.82) is 0 Å². The molecule has 1 atom stereocenters. The number of amides is 1. The van der Waals surface area contributed by atoms with Crippen molar-refractivity contribution >= 4 is 12.1 Å². The highest BCUT2D eigenvalue weighted by molar-refractivity contribution is 5.81. The van der Waals surface area contributed by atoms with Crippen LogP contribution in [0.3, 0.4) is 0 Å². The zero-order valence-electron chi connectivity index (χ0n) is 14.1. The Morgan fingerprint density at radius 1 is 1.00 bits per heavy atom. The van der Waals surface area contributed by atoms with Crippen LogP contribution in [0.5, 0.6) is 0 Å². The van der Waals surface area contributed by atoms with Gasteiger partial charge in [0.25, 0.3) is 0 Å². The van der Waals surface area contributed by atoms with Crippen LogP contribution in [0.2, 0.25) is 0 Å². The predicted octanol–water partition coefficient (Wildman–Crippen LogP) is 2.35. The quantitative estimate of drug-likeness (QED) is 0.446. The third-order valence-corrected chi connectivity index (χ3v) is 2.33. The van der Waals surface area contributed by atoms with Gasteiger partial charge in [0, 0.05) is 0 Å². The lowest BCUT2D eigenvalue weighted by atomic mass is 10.1. The number of ether oxygens (including phenoxy) is 2. The number of carbonyl (C=O) groups is 2. The van der Waals surface area contributed by atoms with Crippen LogP contribution >= 0.6 is 0 Å². The molecule has 0 radical (unpaired) electrons. The van der Waals surface area contributed by atoms with E-state index in [4.69, 9.17) is 15.2 Å². The minimum Gasteiger partial charge on any atom is -0.458 e. The number of hydrogen-bond donors (Lipinski definition) is 2. The van der Waals surface area contributed by atoms with Crippen LogP contribution in [0, 0.1) is 0 Å². The highest BCUT2D eigenvalue weighted by atomic mass is 16.6. The molecule has 0 aromatic rings. The molecule has 0 saturated carbocycles. The lowest BCUT2D eigenvalue weighted by Gasteiger charge is -2.26. The first-order valence-electron chi connectivity index (χ1n) is 7.37. The standard InChI is InChI=1S/C15H30N2O4/c1-14(2,3)20-12(18)11(9-7-8-10-16)17-13(19)21-15(4,5)6/h11H,7-10,16H2,1-6H3,(H,17,19)/t11-/m0/s1/i16+1. The molecule has 0 rings (SSSR count). The van der Waals surface area contributed by atoms with Crippen LogP contribution in [0.4, 0.5) is 4.79 Å². The second kappa shape index (κ2) is 8.22. The molecule has 0 heterocycles. The molecular formula is C15H30N2O4. The molecule has 6 heteroatoms. The van der Waals surface area contributed by atoms with Gasteiger partial charge in [-0.25, -0.2) is 9.59 Å². The molecule has 21 heavy (non-hydrogen) atoms. The Hall–Kier alpha value is -1.30. The molecule has 0 aliphatic carbocycles. The lowest BCUT2D eigenvalue weighted by Crippen LogP contribution is -2.46. The fraction of sp³-hybridized carbons (Fsp3) is 0.867. The molecule has 0 saturated heterocycles.